The third-order valence-electron chi connectivity index (χ3n) is 9.46. The number of aryl methyl sites for hydroxylation is 2. The lowest BCUT2D eigenvalue weighted by atomic mass is 9.88. The summed E-state index contributed by atoms with van der Waals surface area (Å²) in [5.41, 5.74) is 14.1. The average Bonchev–Trinajstić information content (AvgIpc) is 3.09. The van der Waals surface area contributed by atoms with Crippen LogP contribution in [0.5, 0.6) is 0 Å². The van der Waals surface area contributed by atoms with Gasteiger partial charge >= 0.3 is 0 Å². The fourth-order valence-electron chi connectivity index (χ4n) is 6.91. The summed E-state index contributed by atoms with van der Waals surface area (Å²) >= 11 is 14.1. The molecule has 0 bridgehead atoms. The van der Waals surface area contributed by atoms with E-state index in [-0.39, 0.29) is 6.04 Å². The first-order valence-electron chi connectivity index (χ1n) is 17.3. The molecule has 47 heavy (non-hydrogen) atoms. The molecule has 2 N–H and O–H groups in total. The third-order valence-corrected chi connectivity index (χ3v) is 10.2. The Hall–Kier alpha value is -3.21. The van der Waals surface area contributed by atoms with Crippen LogP contribution in [0.4, 0.5) is 0 Å². The van der Waals surface area contributed by atoms with Gasteiger partial charge in [0, 0.05) is 30.3 Å². The lowest BCUT2D eigenvalue weighted by molar-refractivity contribution is 0.537. The molecule has 1 aromatic heterocycles. The number of pyridine rings is 1. The average molecular weight is 667 g/mol. The number of benzene rings is 3. The molecule has 0 saturated carbocycles. The molecule has 1 aliphatic rings. The van der Waals surface area contributed by atoms with Crippen molar-refractivity contribution >= 4 is 29.3 Å². The van der Waals surface area contributed by atoms with E-state index >= 15 is 0 Å². The molecule has 0 aliphatic carbocycles. The lowest BCUT2D eigenvalue weighted by Gasteiger charge is -2.21. The van der Waals surface area contributed by atoms with Crippen molar-refractivity contribution < 1.29 is 0 Å². The van der Waals surface area contributed by atoms with Crippen LogP contribution >= 0.6 is 23.2 Å². The molecule has 4 aromatic rings. The molecule has 3 nitrogen and oxygen atoms in total. The first-order valence-corrected chi connectivity index (χ1v) is 18.1. The zero-order valence-electron chi connectivity index (χ0n) is 28.3. The molecule has 0 spiro atoms. The van der Waals surface area contributed by atoms with Crippen LogP contribution in [0.25, 0.3) is 28.3 Å². The number of nitrogens with one attached hydrogen (secondary N) is 2. The van der Waals surface area contributed by atoms with Crippen molar-refractivity contribution in [1.82, 2.24) is 15.6 Å². The van der Waals surface area contributed by atoms with Crippen molar-refractivity contribution in [3.05, 3.63) is 129 Å². The highest BCUT2D eigenvalue weighted by Crippen LogP contribution is 2.40. The monoisotopic (exact) mass is 665 g/mol. The second-order valence-electron chi connectivity index (χ2n) is 12.7. The molecule has 0 fully saturated rings. The molecular weight excluding hydrogens is 617 g/mol. The summed E-state index contributed by atoms with van der Waals surface area (Å²) in [6.07, 6.45) is 9.66. The van der Waals surface area contributed by atoms with Gasteiger partial charge in [0.25, 0.3) is 0 Å². The minimum absolute atomic E-state index is 0.278. The Morgan fingerprint density at radius 2 is 1.70 bits per heavy atom. The quantitative estimate of drug-likeness (QED) is 0.124. The Labute approximate surface area is 292 Å². The standard InChI is InChI=1S/C42H49Cl2N3/c1-6-12-28(5)39(8-3)46-27-33-25-38(43)41(47-40(33)9-4)21-20-30-14-10-16-36(34(30)13-7-2)37-17-11-15-35(42(37)44)31-19-18-29-22-23-45-26-32(29)24-31/h9-11,14-19,24-25,39,45-46H,4-8,12-13,20-23,26-27H2,1-3H3. The highest BCUT2D eigenvalue weighted by molar-refractivity contribution is 6.36. The third kappa shape index (κ3) is 8.27. The highest BCUT2D eigenvalue weighted by Gasteiger charge is 2.18. The van der Waals surface area contributed by atoms with Crippen LogP contribution in [-0.4, -0.2) is 17.6 Å². The van der Waals surface area contributed by atoms with E-state index in [0.717, 1.165) is 97.6 Å². The molecule has 5 heteroatoms. The number of hydrogen-bond acceptors (Lipinski definition) is 3. The summed E-state index contributed by atoms with van der Waals surface area (Å²) in [7, 11) is 0. The van der Waals surface area contributed by atoms with E-state index in [1.54, 1.807) is 0 Å². The van der Waals surface area contributed by atoms with E-state index in [1.807, 2.05) is 6.08 Å². The molecule has 246 valence electrons. The smallest absolute Gasteiger partial charge is 0.0673 e. The summed E-state index contributed by atoms with van der Waals surface area (Å²) < 4.78 is 0. The van der Waals surface area contributed by atoms with Crippen LogP contribution in [0.1, 0.15) is 85.7 Å². The van der Waals surface area contributed by atoms with E-state index in [4.69, 9.17) is 28.2 Å². The minimum Gasteiger partial charge on any atom is -0.312 e. The van der Waals surface area contributed by atoms with Crippen LogP contribution in [0.15, 0.2) is 79.4 Å². The summed E-state index contributed by atoms with van der Waals surface area (Å²) in [5, 5.41) is 8.67. The summed E-state index contributed by atoms with van der Waals surface area (Å²) in [6, 6.07) is 22.2. The summed E-state index contributed by atoms with van der Waals surface area (Å²) in [4.78, 5) is 5.00. The van der Waals surface area contributed by atoms with Crippen LogP contribution in [0.3, 0.4) is 0 Å². The number of fused-ring (bicyclic) bond motifs is 1. The van der Waals surface area contributed by atoms with Gasteiger partial charge in [0.2, 0.25) is 0 Å². The maximum Gasteiger partial charge on any atom is 0.0673 e. The van der Waals surface area contributed by atoms with E-state index in [2.05, 4.69) is 105 Å². The Bertz CT molecular complexity index is 1720. The van der Waals surface area contributed by atoms with Crippen LogP contribution in [0.2, 0.25) is 10.0 Å². The van der Waals surface area contributed by atoms with Crippen LogP contribution in [0, 0.1) is 0 Å². The Kier molecular flexibility index (Phi) is 12.5. The molecular formula is C42H49Cl2N3. The van der Waals surface area contributed by atoms with Gasteiger partial charge in [-0.15, -0.1) is 0 Å². The molecule has 5 rings (SSSR count). The fraction of sp³-hybridized carbons (Fsp3) is 0.357. The molecule has 0 amide bonds. The van der Waals surface area contributed by atoms with Gasteiger partial charge in [-0.3, -0.25) is 4.98 Å². The number of halogens is 2. The molecule has 1 aliphatic heterocycles. The van der Waals surface area contributed by atoms with E-state index in [9.17, 15) is 0 Å². The fourth-order valence-corrected chi connectivity index (χ4v) is 7.52. The second-order valence-corrected chi connectivity index (χ2v) is 13.5. The van der Waals surface area contributed by atoms with Crippen molar-refractivity contribution in [3.8, 4) is 22.3 Å². The van der Waals surface area contributed by atoms with Gasteiger partial charge in [-0.2, -0.15) is 0 Å². The number of hydrogen-bond donors (Lipinski definition) is 2. The van der Waals surface area contributed by atoms with E-state index in [0.29, 0.717) is 11.6 Å². The maximum atomic E-state index is 7.25. The van der Waals surface area contributed by atoms with Crippen molar-refractivity contribution in [3.63, 3.8) is 0 Å². The predicted octanol–water partition coefficient (Wildman–Crippen LogP) is 11.0. The topological polar surface area (TPSA) is 37.0 Å². The van der Waals surface area contributed by atoms with Crippen LogP contribution in [-0.2, 0) is 38.8 Å². The first-order chi connectivity index (χ1) is 22.9. The van der Waals surface area contributed by atoms with Crippen molar-refractivity contribution in [1.29, 1.82) is 0 Å². The van der Waals surface area contributed by atoms with E-state index < -0.39 is 0 Å². The van der Waals surface area contributed by atoms with Gasteiger partial charge in [0.15, 0.2) is 0 Å². The van der Waals surface area contributed by atoms with Crippen molar-refractivity contribution in [2.45, 2.75) is 91.3 Å². The second kappa shape index (κ2) is 16.8. The first kappa shape index (κ1) is 35.1. The van der Waals surface area contributed by atoms with Gasteiger partial charge in [0.1, 0.15) is 0 Å². The summed E-state index contributed by atoms with van der Waals surface area (Å²) in [5.74, 6) is 0. The van der Waals surface area contributed by atoms with Crippen LogP contribution < -0.4 is 10.6 Å². The van der Waals surface area contributed by atoms with Gasteiger partial charge in [0.05, 0.1) is 21.4 Å². The largest absolute Gasteiger partial charge is 0.312 e. The normalized spacial score (nSPS) is 13.3. The molecule has 2 heterocycles. The highest BCUT2D eigenvalue weighted by atomic mass is 35.5. The molecule has 3 aromatic carbocycles. The Balaban J connectivity index is 1.39. The molecule has 0 saturated heterocycles. The van der Waals surface area contributed by atoms with Crippen molar-refractivity contribution in [2.24, 2.45) is 0 Å². The SMILES string of the molecule is C=Cc1nc(CCc2cccc(-c3cccc(-c4ccc5c(c4)CNCC5)c3Cl)c2CCC)c(Cl)cc1CNC(CC)C(=C)CCC. The lowest BCUT2D eigenvalue weighted by Crippen LogP contribution is -2.30. The molecule has 1 unspecified atom stereocenters. The molecule has 0 radical (unpaired) electrons. The Morgan fingerprint density at radius 3 is 2.47 bits per heavy atom. The van der Waals surface area contributed by atoms with E-state index in [1.165, 1.54) is 39.0 Å². The number of rotatable bonds is 15. The zero-order chi connectivity index (χ0) is 33.3. The summed E-state index contributed by atoms with van der Waals surface area (Å²) in [6.45, 7) is 17.6. The van der Waals surface area contributed by atoms with Crippen molar-refractivity contribution in [2.75, 3.05) is 6.54 Å². The number of nitrogens with zero attached hydrogens (tertiary/aromatic N) is 1. The Morgan fingerprint density at radius 1 is 0.915 bits per heavy atom. The predicted molar refractivity (Wildman–Crippen MR) is 203 cm³/mol. The van der Waals surface area contributed by atoms with Gasteiger partial charge in [-0.1, -0.05) is 124 Å². The number of aromatic nitrogens is 1. The maximum absolute atomic E-state index is 7.25. The molecule has 1 atom stereocenters. The van der Waals surface area contributed by atoms with Gasteiger partial charge in [-0.25, -0.2) is 0 Å². The van der Waals surface area contributed by atoms with Gasteiger partial charge < -0.3 is 10.6 Å². The van der Waals surface area contributed by atoms with Gasteiger partial charge in [-0.05, 0) is 102 Å². The zero-order valence-corrected chi connectivity index (χ0v) is 29.8. The minimum atomic E-state index is 0.278.